The molecule has 1 saturated heterocycles. The molecule has 0 radical (unpaired) electrons. The second-order valence-corrected chi connectivity index (χ2v) is 7.93. The molecule has 168 valence electrons. The van der Waals surface area contributed by atoms with Gasteiger partial charge < -0.3 is 14.5 Å². The molecular weight excluding hydrogens is 409 g/mol. The summed E-state index contributed by atoms with van der Waals surface area (Å²) in [7, 11) is 1.65. The van der Waals surface area contributed by atoms with Crippen molar-refractivity contribution in [1.29, 1.82) is 0 Å². The van der Waals surface area contributed by atoms with Gasteiger partial charge in [-0.2, -0.15) is 0 Å². The lowest BCUT2D eigenvalue weighted by Crippen LogP contribution is -2.36. The number of carbonyl (C=O) groups excluding carboxylic acids is 1. The van der Waals surface area contributed by atoms with Crippen LogP contribution in [0.1, 0.15) is 36.8 Å². The summed E-state index contributed by atoms with van der Waals surface area (Å²) in [6.07, 6.45) is 4.46. The van der Waals surface area contributed by atoms with Gasteiger partial charge in [-0.05, 0) is 55.8 Å². The normalized spacial score (nSPS) is 14.9. The lowest BCUT2D eigenvalue weighted by Gasteiger charge is -2.28. The number of amides is 1. The summed E-state index contributed by atoms with van der Waals surface area (Å²) in [5, 5.41) is 3.06. The maximum absolute atomic E-state index is 13.9. The van der Waals surface area contributed by atoms with Crippen molar-refractivity contribution in [2.24, 2.45) is 0 Å². The molecule has 2 heterocycles. The van der Waals surface area contributed by atoms with Gasteiger partial charge in [0.1, 0.15) is 11.6 Å². The van der Waals surface area contributed by atoms with Crippen molar-refractivity contribution in [1.82, 2.24) is 15.2 Å². The summed E-state index contributed by atoms with van der Waals surface area (Å²) in [5.74, 6) is 1.18. The van der Waals surface area contributed by atoms with E-state index in [0.29, 0.717) is 30.2 Å². The Balaban J connectivity index is 1.33. The van der Waals surface area contributed by atoms with E-state index < -0.39 is 0 Å². The first-order valence-corrected chi connectivity index (χ1v) is 11.0. The van der Waals surface area contributed by atoms with Crippen LogP contribution in [0.4, 0.5) is 4.39 Å². The zero-order chi connectivity index (χ0) is 22.3. The van der Waals surface area contributed by atoms with Crippen molar-refractivity contribution in [3.05, 3.63) is 72.0 Å². The lowest BCUT2D eigenvalue weighted by molar-refractivity contribution is -0.121. The van der Waals surface area contributed by atoms with Crippen molar-refractivity contribution in [3.63, 3.8) is 0 Å². The van der Waals surface area contributed by atoms with Crippen molar-refractivity contribution >= 4 is 5.91 Å². The van der Waals surface area contributed by atoms with E-state index in [-0.39, 0.29) is 24.2 Å². The van der Waals surface area contributed by atoms with Crippen LogP contribution in [0.2, 0.25) is 0 Å². The first kappa shape index (κ1) is 22.0. The molecule has 4 rings (SSSR count). The van der Waals surface area contributed by atoms with E-state index in [1.165, 1.54) is 25.1 Å². The summed E-state index contributed by atoms with van der Waals surface area (Å²) in [4.78, 5) is 19.1. The Morgan fingerprint density at radius 1 is 1.19 bits per heavy atom. The third-order valence-corrected chi connectivity index (χ3v) is 5.83. The van der Waals surface area contributed by atoms with Crippen LogP contribution in [0.5, 0.6) is 5.75 Å². The van der Waals surface area contributed by atoms with Crippen LogP contribution in [0.25, 0.3) is 11.3 Å². The fraction of sp³-hybridized carbons (Fsp3) is 0.360. The zero-order valence-corrected chi connectivity index (χ0v) is 18.2. The number of nitrogens with one attached hydrogen (secondary N) is 1. The zero-order valence-electron chi connectivity index (χ0n) is 18.2. The predicted molar refractivity (Wildman–Crippen MR) is 120 cm³/mol. The number of ether oxygens (including phenoxy) is 1. The van der Waals surface area contributed by atoms with Gasteiger partial charge in [-0.15, -0.1) is 0 Å². The van der Waals surface area contributed by atoms with Crippen LogP contribution in [0, 0.1) is 5.82 Å². The first-order chi connectivity index (χ1) is 15.6. The highest BCUT2D eigenvalue weighted by Gasteiger charge is 2.24. The van der Waals surface area contributed by atoms with E-state index in [1.54, 1.807) is 25.3 Å². The van der Waals surface area contributed by atoms with Crippen molar-refractivity contribution < 1.29 is 18.3 Å². The Labute approximate surface area is 187 Å². The number of rotatable bonds is 9. The topological polar surface area (TPSA) is 67.6 Å². The van der Waals surface area contributed by atoms with Gasteiger partial charge in [0.15, 0.2) is 11.7 Å². The molecule has 0 aliphatic carbocycles. The summed E-state index contributed by atoms with van der Waals surface area (Å²) in [6, 6.07) is 14.5. The van der Waals surface area contributed by atoms with Crippen LogP contribution in [0.15, 0.2) is 59.1 Å². The van der Waals surface area contributed by atoms with Crippen LogP contribution >= 0.6 is 0 Å². The van der Waals surface area contributed by atoms with E-state index in [4.69, 9.17) is 9.15 Å². The van der Waals surface area contributed by atoms with E-state index in [9.17, 15) is 9.18 Å². The van der Waals surface area contributed by atoms with Crippen molar-refractivity contribution in [3.8, 4) is 17.1 Å². The van der Waals surface area contributed by atoms with Gasteiger partial charge in [0.05, 0.1) is 24.9 Å². The van der Waals surface area contributed by atoms with Gasteiger partial charge in [0.25, 0.3) is 0 Å². The molecule has 0 saturated carbocycles. The fourth-order valence-electron chi connectivity index (χ4n) is 4.07. The Hall–Kier alpha value is -3.19. The number of carbonyl (C=O) groups is 1. The number of halogens is 1. The van der Waals surface area contributed by atoms with Gasteiger partial charge in [-0.25, -0.2) is 9.37 Å². The Bertz CT molecular complexity index is 1030. The second kappa shape index (κ2) is 10.4. The van der Waals surface area contributed by atoms with Crippen LogP contribution < -0.4 is 10.1 Å². The van der Waals surface area contributed by atoms with Gasteiger partial charge in [-0.1, -0.05) is 24.3 Å². The third kappa shape index (κ3) is 5.34. The maximum Gasteiger partial charge on any atom is 0.220 e. The number of methoxy groups -OCH3 is 1. The molecule has 1 aliphatic rings. The smallest absolute Gasteiger partial charge is 0.220 e. The molecule has 6 nitrogen and oxygen atoms in total. The van der Waals surface area contributed by atoms with Crippen LogP contribution in [-0.4, -0.2) is 42.5 Å². The molecule has 1 fully saturated rings. The number of aryl methyl sites for hydroxylation is 1. The van der Waals surface area contributed by atoms with Crippen LogP contribution in [0.3, 0.4) is 0 Å². The number of aromatic nitrogens is 1. The first-order valence-electron chi connectivity index (χ1n) is 11.0. The number of hydrogen-bond acceptors (Lipinski definition) is 5. The second-order valence-electron chi connectivity index (χ2n) is 7.93. The molecule has 1 aliphatic heterocycles. The molecule has 1 atom stereocenters. The summed E-state index contributed by atoms with van der Waals surface area (Å²) < 4.78 is 24.8. The number of likely N-dealkylation sites (tertiary alicyclic amines) is 1. The minimum absolute atomic E-state index is 0.0617. The summed E-state index contributed by atoms with van der Waals surface area (Å²) >= 11 is 0. The fourth-order valence-corrected chi connectivity index (χ4v) is 4.07. The average Bonchev–Trinajstić information content (AvgIpc) is 3.51. The third-order valence-electron chi connectivity index (χ3n) is 5.83. The number of nitrogens with zero attached hydrogens (tertiary/aromatic N) is 2. The minimum Gasteiger partial charge on any atom is -0.497 e. The van der Waals surface area contributed by atoms with E-state index in [2.05, 4.69) is 27.3 Å². The molecule has 1 unspecified atom stereocenters. The maximum atomic E-state index is 13.9. The molecular formula is C25H28FN3O3. The molecule has 1 N–H and O–H groups in total. The van der Waals surface area contributed by atoms with Crippen LogP contribution in [-0.2, 0) is 11.2 Å². The van der Waals surface area contributed by atoms with Gasteiger partial charge >= 0.3 is 0 Å². The molecule has 1 aromatic heterocycles. The van der Waals surface area contributed by atoms with E-state index in [1.807, 2.05) is 12.1 Å². The number of benzene rings is 2. The van der Waals surface area contributed by atoms with Gasteiger partial charge in [0.2, 0.25) is 5.91 Å². The standard InChI is InChI=1S/C25H28FN3O3/c1-31-19-10-8-18(9-11-19)22(29-14-4-5-15-29)16-27-24(30)12-13-25-28-17-23(32-25)20-6-2-3-7-21(20)26/h2-3,6-11,17,22H,4-5,12-16H2,1H3,(H,27,30). The Morgan fingerprint density at radius 3 is 2.66 bits per heavy atom. The molecule has 0 spiro atoms. The SMILES string of the molecule is COc1ccc(C(CNC(=O)CCc2ncc(-c3ccccc3F)o2)N2CCCC2)cc1. The highest BCUT2D eigenvalue weighted by molar-refractivity contribution is 5.76. The molecule has 0 bridgehead atoms. The molecule has 1 amide bonds. The van der Waals surface area contributed by atoms with Crippen molar-refractivity contribution in [2.75, 3.05) is 26.7 Å². The highest BCUT2D eigenvalue weighted by Crippen LogP contribution is 2.26. The monoisotopic (exact) mass is 437 g/mol. The number of oxazole rings is 1. The Morgan fingerprint density at radius 2 is 1.94 bits per heavy atom. The summed E-state index contributed by atoms with van der Waals surface area (Å²) in [5.41, 5.74) is 1.53. The Kier molecular flexibility index (Phi) is 7.17. The van der Waals surface area contributed by atoms with Gasteiger partial charge in [-0.3, -0.25) is 9.69 Å². The quantitative estimate of drug-likeness (QED) is 0.538. The number of hydrogen-bond donors (Lipinski definition) is 1. The molecule has 32 heavy (non-hydrogen) atoms. The average molecular weight is 438 g/mol. The molecule has 7 heteroatoms. The van der Waals surface area contributed by atoms with Gasteiger partial charge in [0, 0.05) is 19.4 Å². The molecule has 3 aromatic rings. The van der Waals surface area contributed by atoms with E-state index >= 15 is 0 Å². The summed E-state index contributed by atoms with van der Waals surface area (Å²) in [6.45, 7) is 2.60. The predicted octanol–water partition coefficient (Wildman–Crippen LogP) is 4.38. The molecule has 2 aromatic carbocycles. The lowest BCUT2D eigenvalue weighted by atomic mass is 10.1. The van der Waals surface area contributed by atoms with E-state index in [0.717, 1.165) is 24.4 Å². The largest absolute Gasteiger partial charge is 0.497 e. The van der Waals surface area contributed by atoms with Crippen molar-refractivity contribution in [2.45, 2.75) is 31.7 Å². The highest BCUT2D eigenvalue weighted by atomic mass is 19.1. The minimum atomic E-state index is -0.362.